The molecule has 7 heteroatoms. The highest BCUT2D eigenvalue weighted by Gasteiger charge is 2.31. The number of benzene rings is 2. The smallest absolute Gasteiger partial charge is 0.256 e. The van der Waals surface area contributed by atoms with Gasteiger partial charge in [-0.15, -0.1) is 0 Å². The number of fused-ring (bicyclic) bond motifs is 1. The van der Waals surface area contributed by atoms with Crippen molar-refractivity contribution < 1.29 is 13.2 Å². The van der Waals surface area contributed by atoms with E-state index in [9.17, 15) is 13.2 Å². The number of rotatable bonds is 4. The minimum Gasteiger partial charge on any atom is -0.322 e. The van der Waals surface area contributed by atoms with Gasteiger partial charge in [-0.25, -0.2) is 8.42 Å². The van der Waals surface area contributed by atoms with Crippen molar-refractivity contribution in [2.75, 3.05) is 18.4 Å². The van der Waals surface area contributed by atoms with Crippen molar-refractivity contribution in [2.24, 2.45) is 11.8 Å². The Bertz CT molecular complexity index is 1160. The Kier molecular flexibility index (Phi) is 5.58. The van der Waals surface area contributed by atoms with Crippen LogP contribution < -0.4 is 5.32 Å². The van der Waals surface area contributed by atoms with Crippen LogP contribution in [0.5, 0.6) is 0 Å². The number of pyridine rings is 1. The maximum atomic E-state index is 13.0. The maximum Gasteiger partial charge on any atom is 0.256 e. The Hall–Kier alpha value is -2.77. The number of anilines is 1. The molecule has 1 fully saturated rings. The third-order valence-corrected chi connectivity index (χ3v) is 7.32. The molecular formula is C23H25N3O3S. The fourth-order valence-corrected chi connectivity index (χ4v) is 5.84. The number of aromatic nitrogens is 1. The lowest BCUT2D eigenvalue weighted by Gasteiger charge is -2.34. The van der Waals surface area contributed by atoms with Gasteiger partial charge in [0.25, 0.3) is 5.91 Å². The first-order valence-electron chi connectivity index (χ1n) is 10.1. The summed E-state index contributed by atoms with van der Waals surface area (Å²) in [5.74, 6) is 0.428. The predicted molar refractivity (Wildman–Crippen MR) is 118 cm³/mol. The van der Waals surface area contributed by atoms with Gasteiger partial charge in [0.1, 0.15) is 0 Å². The second-order valence-electron chi connectivity index (χ2n) is 8.12. The highest BCUT2D eigenvalue weighted by molar-refractivity contribution is 7.89. The molecule has 0 saturated carbocycles. The second kappa shape index (κ2) is 8.16. The van der Waals surface area contributed by atoms with Crippen molar-refractivity contribution >= 4 is 32.5 Å². The lowest BCUT2D eigenvalue weighted by molar-refractivity contribution is 0.102. The number of piperidine rings is 1. The first-order valence-corrected chi connectivity index (χ1v) is 11.5. The average molecular weight is 424 g/mol. The standard InChI is InChI=1S/C23H25N3O3S/c1-16-13-17(2)15-26(14-16)30(28,29)19-10-8-18(9-11-19)25-23(27)21-5-3-7-22-20(21)6-4-12-24-22/h3-12,16-17H,13-15H2,1-2H3,(H,25,27). The van der Waals surface area contributed by atoms with Gasteiger partial charge in [-0.05, 0) is 60.7 Å². The molecule has 1 aliphatic heterocycles. The summed E-state index contributed by atoms with van der Waals surface area (Å²) in [5.41, 5.74) is 1.81. The highest BCUT2D eigenvalue weighted by Crippen LogP contribution is 2.27. The van der Waals surface area contributed by atoms with E-state index in [0.717, 1.165) is 17.3 Å². The summed E-state index contributed by atoms with van der Waals surface area (Å²) >= 11 is 0. The van der Waals surface area contributed by atoms with Crippen LogP contribution in [-0.2, 0) is 10.0 Å². The molecule has 0 spiro atoms. The van der Waals surface area contributed by atoms with Crippen molar-refractivity contribution in [2.45, 2.75) is 25.2 Å². The van der Waals surface area contributed by atoms with E-state index in [1.165, 1.54) is 0 Å². The monoisotopic (exact) mass is 423 g/mol. The number of carbonyl (C=O) groups is 1. The summed E-state index contributed by atoms with van der Waals surface area (Å²) < 4.78 is 27.6. The van der Waals surface area contributed by atoms with Gasteiger partial charge in [0.15, 0.2) is 0 Å². The van der Waals surface area contributed by atoms with Gasteiger partial charge in [0, 0.05) is 35.9 Å². The van der Waals surface area contributed by atoms with E-state index < -0.39 is 10.0 Å². The number of nitrogens with one attached hydrogen (secondary N) is 1. The van der Waals surface area contributed by atoms with Crippen LogP contribution in [0.3, 0.4) is 0 Å². The summed E-state index contributed by atoms with van der Waals surface area (Å²) in [6, 6.07) is 15.4. The summed E-state index contributed by atoms with van der Waals surface area (Å²) in [6.45, 7) is 5.25. The normalized spacial score (nSPS) is 20.2. The average Bonchev–Trinajstić information content (AvgIpc) is 2.73. The van der Waals surface area contributed by atoms with Crippen LogP contribution in [0.1, 0.15) is 30.6 Å². The van der Waals surface area contributed by atoms with Gasteiger partial charge in [-0.1, -0.05) is 26.0 Å². The van der Waals surface area contributed by atoms with E-state index in [-0.39, 0.29) is 10.8 Å². The minimum atomic E-state index is -3.54. The van der Waals surface area contributed by atoms with Gasteiger partial charge in [0.05, 0.1) is 10.4 Å². The van der Waals surface area contributed by atoms with Crippen LogP contribution >= 0.6 is 0 Å². The van der Waals surface area contributed by atoms with E-state index in [0.29, 0.717) is 36.2 Å². The zero-order valence-electron chi connectivity index (χ0n) is 17.1. The molecule has 0 radical (unpaired) electrons. The van der Waals surface area contributed by atoms with Crippen molar-refractivity contribution in [3.05, 3.63) is 66.4 Å². The van der Waals surface area contributed by atoms with Crippen LogP contribution in [0, 0.1) is 11.8 Å². The molecule has 1 amide bonds. The van der Waals surface area contributed by atoms with Gasteiger partial charge in [0.2, 0.25) is 10.0 Å². The molecule has 3 aromatic rings. The van der Waals surface area contributed by atoms with Crippen molar-refractivity contribution in [1.29, 1.82) is 0 Å². The molecule has 0 aliphatic carbocycles. The molecule has 4 rings (SSSR count). The van der Waals surface area contributed by atoms with Gasteiger partial charge < -0.3 is 5.32 Å². The topological polar surface area (TPSA) is 79.4 Å². The van der Waals surface area contributed by atoms with Gasteiger partial charge in [-0.3, -0.25) is 9.78 Å². The molecule has 1 aromatic heterocycles. The van der Waals surface area contributed by atoms with Crippen molar-refractivity contribution in [3.8, 4) is 0 Å². The molecule has 156 valence electrons. The van der Waals surface area contributed by atoms with Crippen LogP contribution in [0.4, 0.5) is 5.69 Å². The molecular weight excluding hydrogens is 398 g/mol. The number of nitrogens with zero attached hydrogens (tertiary/aromatic N) is 2. The number of carbonyl (C=O) groups excluding carboxylic acids is 1. The second-order valence-corrected chi connectivity index (χ2v) is 10.1. The molecule has 2 unspecified atom stereocenters. The van der Waals surface area contributed by atoms with Crippen LogP contribution in [0.15, 0.2) is 65.7 Å². The van der Waals surface area contributed by atoms with E-state index >= 15 is 0 Å². The van der Waals surface area contributed by atoms with E-state index in [1.54, 1.807) is 53.0 Å². The Morgan fingerprint density at radius 3 is 2.40 bits per heavy atom. The summed E-state index contributed by atoms with van der Waals surface area (Å²) in [5, 5.41) is 3.62. The predicted octanol–water partition coefficient (Wildman–Crippen LogP) is 4.15. The Balaban J connectivity index is 1.53. The molecule has 2 heterocycles. The fourth-order valence-electron chi connectivity index (χ4n) is 4.16. The van der Waals surface area contributed by atoms with Gasteiger partial charge >= 0.3 is 0 Å². The summed E-state index contributed by atoms with van der Waals surface area (Å²) in [7, 11) is -3.54. The number of hydrogen-bond donors (Lipinski definition) is 1. The van der Waals surface area contributed by atoms with Crippen molar-refractivity contribution in [1.82, 2.24) is 9.29 Å². The Labute approximate surface area is 177 Å². The van der Waals surface area contributed by atoms with Crippen molar-refractivity contribution in [3.63, 3.8) is 0 Å². The number of amides is 1. The third-order valence-electron chi connectivity index (χ3n) is 5.48. The molecule has 1 saturated heterocycles. The van der Waals surface area contributed by atoms with Crippen LogP contribution in [0.2, 0.25) is 0 Å². The lowest BCUT2D eigenvalue weighted by atomic mass is 9.94. The molecule has 1 aliphatic rings. The lowest BCUT2D eigenvalue weighted by Crippen LogP contribution is -2.42. The molecule has 6 nitrogen and oxygen atoms in total. The molecule has 2 atom stereocenters. The molecule has 0 bridgehead atoms. The Morgan fingerprint density at radius 2 is 1.70 bits per heavy atom. The van der Waals surface area contributed by atoms with E-state index in [1.807, 2.05) is 12.1 Å². The molecule has 1 N–H and O–H groups in total. The fraction of sp³-hybridized carbons (Fsp3) is 0.304. The van der Waals surface area contributed by atoms with Crippen LogP contribution in [-0.4, -0.2) is 36.7 Å². The third kappa shape index (κ3) is 4.08. The zero-order valence-corrected chi connectivity index (χ0v) is 17.9. The largest absolute Gasteiger partial charge is 0.322 e. The highest BCUT2D eigenvalue weighted by atomic mass is 32.2. The van der Waals surface area contributed by atoms with Gasteiger partial charge in [-0.2, -0.15) is 4.31 Å². The first kappa shape index (κ1) is 20.5. The van der Waals surface area contributed by atoms with E-state index in [2.05, 4.69) is 24.1 Å². The summed E-state index contributed by atoms with van der Waals surface area (Å²) in [4.78, 5) is 17.3. The SMILES string of the molecule is CC1CC(C)CN(S(=O)(=O)c2ccc(NC(=O)c3cccc4ncccc34)cc2)C1. The number of hydrogen-bond acceptors (Lipinski definition) is 4. The van der Waals surface area contributed by atoms with Crippen LogP contribution in [0.25, 0.3) is 10.9 Å². The Morgan fingerprint density at radius 1 is 1.00 bits per heavy atom. The molecule has 30 heavy (non-hydrogen) atoms. The minimum absolute atomic E-state index is 0.246. The first-order chi connectivity index (χ1) is 14.3. The summed E-state index contributed by atoms with van der Waals surface area (Å²) in [6.07, 6.45) is 2.73. The quantitative estimate of drug-likeness (QED) is 0.684. The maximum absolute atomic E-state index is 13.0. The molecule has 2 aromatic carbocycles. The number of sulfonamides is 1. The zero-order chi connectivity index (χ0) is 21.3. The van der Waals surface area contributed by atoms with E-state index in [4.69, 9.17) is 0 Å².